The van der Waals surface area contributed by atoms with Crippen LogP contribution in [-0.4, -0.2) is 42.2 Å². The van der Waals surface area contributed by atoms with E-state index >= 15 is 0 Å². The van der Waals surface area contributed by atoms with Gasteiger partial charge in [0.25, 0.3) is 10.0 Å². The van der Waals surface area contributed by atoms with E-state index in [0.29, 0.717) is 28.6 Å². The summed E-state index contributed by atoms with van der Waals surface area (Å²) in [5.74, 6) is 0.922. The Balaban J connectivity index is 1.93. The number of rotatable bonds is 9. The third kappa shape index (κ3) is 5.12. The molecular weight excluding hydrogens is 432 g/mol. The van der Waals surface area contributed by atoms with Crippen LogP contribution in [0.3, 0.4) is 0 Å². The molecule has 0 saturated heterocycles. The molecular formula is C23H24N2O6S. The van der Waals surface area contributed by atoms with Gasteiger partial charge in [-0.25, -0.2) is 8.42 Å². The highest BCUT2D eigenvalue weighted by molar-refractivity contribution is 7.92. The highest BCUT2D eigenvalue weighted by Gasteiger charge is 2.27. The molecule has 0 spiro atoms. The molecule has 3 aromatic rings. The first-order chi connectivity index (χ1) is 15.4. The molecule has 0 radical (unpaired) electrons. The van der Waals surface area contributed by atoms with Crippen molar-refractivity contribution in [2.75, 3.05) is 37.5 Å². The minimum Gasteiger partial charge on any atom is -0.497 e. The third-order valence-corrected chi connectivity index (χ3v) is 6.45. The monoisotopic (exact) mass is 456 g/mol. The lowest BCUT2D eigenvalue weighted by Gasteiger charge is -2.24. The van der Waals surface area contributed by atoms with Gasteiger partial charge < -0.3 is 19.5 Å². The van der Waals surface area contributed by atoms with E-state index in [2.05, 4.69) is 5.32 Å². The maximum Gasteiger partial charge on any atom is 0.264 e. The zero-order valence-electron chi connectivity index (χ0n) is 17.9. The van der Waals surface area contributed by atoms with Crippen molar-refractivity contribution in [1.29, 1.82) is 0 Å². The molecule has 0 bridgehead atoms. The highest BCUT2D eigenvalue weighted by atomic mass is 32.2. The summed E-state index contributed by atoms with van der Waals surface area (Å²) in [6, 6.07) is 19.3. The lowest BCUT2D eigenvalue weighted by Crippen LogP contribution is -2.38. The molecule has 9 heteroatoms. The third-order valence-electron chi connectivity index (χ3n) is 4.66. The van der Waals surface area contributed by atoms with Crippen molar-refractivity contribution >= 4 is 27.3 Å². The molecule has 0 atom stereocenters. The minimum atomic E-state index is -4.03. The average molecular weight is 457 g/mol. The number of ether oxygens (including phenoxy) is 3. The van der Waals surface area contributed by atoms with Gasteiger partial charge in [0.2, 0.25) is 5.91 Å². The summed E-state index contributed by atoms with van der Waals surface area (Å²) in [7, 11) is 0.443. The first kappa shape index (κ1) is 23.0. The van der Waals surface area contributed by atoms with E-state index in [1.165, 1.54) is 33.5 Å². The Morgan fingerprint density at radius 3 is 2.06 bits per heavy atom. The maximum atomic E-state index is 13.4. The SMILES string of the molecule is COc1ccc(S(=O)(=O)N(CC(=O)Nc2cc(OC)ccc2OC)c2ccccc2)cc1. The zero-order chi connectivity index (χ0) is 23.1. The molecule has 0 aromatic heterocycles. The van der Waals surface area contributed by atoms with Gasteiger partial charge in [-0.1, -0.05) is 18.2 Å². The fourth-order valence-electron chi connectivity index (χ4n) is 3.02. The molecule has 1 N–H and O–H groups in total. The van der Waals surface area contributed by atoms with Gasteiger partial charge in [0.1, 0.15) is 23.8 Å². The van der Waals surface area contributed by atoms with E-state index in [9.17, 15) is 13.2 Å². The molecule has 8 nitrogen and oxygen atoms in total. The van der Waals surface area contributed by atoms with E-state index in [-0.39, 0.29) is 4.90 Å². The number of methoxy groups -OCH3 is 3. The average Bonchev–Trinajstić information content (AvgIpc) is 2.83. The van der Waals surface area contributed by atoms with Gasteiger partial charge in [-0.3, -0.25) is 9.10 Å². The summed E-state index contributed by atoms with van der Waals surface area (Å²) in [5.41, 5.74) is 0.725. The molecule has 168 valence electrons. The smallest absolute Gasteiger partial charge is 0.264 e. The largest absolute Gasteiger partial charge is 0.497 e. The number of anilines is 2. The van der Waals surface area contributed by atoms with Gasteiger partial charge in [-0.05, 0) is 48.5 Å². The van der Waals surface area contributed by atoms with Crippen LogP contribution in [0.15, 0.2) is 77.7 Å². The molecule has 0 fully saturated rings. The molecule has 0 unspecified atom stereocenters. The van der Waals surface area contributed by atoms with Crippen molar-refractivity contribution in [3.05, 3.63) is 72.8 Å². The van der Waals surface area contributed by atoms with E-state index in [1.807, 2.05) is 0 Å². The van der Waals surface area contributed by atoms with Crippen LogP contribution in [0.25, 0.3) is 0 Å². The number of amides is 1. The van der Waals surface area contributed by atoms with Crippen LogP contribution in [0.1, 0.15) is 0 Å². The van der Waals surface area contributed by atoms with Crippen LogP contribution in [-0.2, 0) is 14.8 Å². The first-order valence-corrected chi connectivity index (χ1v) is 11.1. The second-order valence-corrected chi connectivity index (χ2v) is 8.50. The van der Waals surface area contributed by atoms with Crippen LogP contribution in [0.5, 0.6) is 17.2 Å². The minimum absolute atomic E-state index is 0.0360. The second kappa shape index (κ2) is 10.1. The van der Waals surface area contributed by atoms with Gasteiger partial charge in [0.05, 0.1) is 37.6 Å². The topological polar surface area (TPSA) is 94.2 Å². The van der Waals surface area contributed by atoms with Gasteiger partial charge in [0.15, 0.2) is 0 Å². The predicted octanol–water partition coefficient (Wildman–Crippen LogP) is 3.55. The number of sulfonamides is 1. The Morgan fingerprint density at radius 2 is 1.47 bits per heavy atom. The Hall–Kier alpha value is -3.72. The summed E-state index contributed by atoms with van der Waals surface area (Å²) >= 11 is 0. The summed E-state index contributed by atoms with van der Waals surface area (Å²) in [6.45, 7) is -0.446. The maximum absolute atomic E-state index is 13.4. The molecule has 0 aliphatic rings. The summed E-state index contributed by atoms with van der Waals surface area (Å²) < 4.78 is 43.4. The number of nitrogens with one attached hydrogen (secondary N) is 1. The number of carbonyl (C=O) groups excluding carboxylic acids is 1. The number of hydrogen-bond donors (Lipinski definition) is 1. The van der Waals surface area contributed by atoms with Crippen LogP contribution in [0, 0.1) is 0 Å². The fraction of sp³-hybridized carbons (Fsp3) is 0.174. The van der Waals surface area contributed by atoms with Crippen molar-refractivity contribution < 1.29 is 27.4 Å². The van der Waals surface area contributed by atoms with Gasteiger partial charge in [0, 0.05) is 6.07 Å². The number of hydrogen-bond acceptors (Lipinski definition) is 6. The Labute approximate surface area is 187 Å². The van der Waals surface area contributed by atoms with E-state index < -0.39 is 22.5 Å². The van der Waals surface area contributed by atoms with Crippen molar-refractivity contribution in [3.8, 4) is 17.2 Å². The lowest BCUT2D eigenvalue weighted by molar-refractivity contribution is -0.114. The summed E-state index contributed by atoms with van der Waals surface area (Å²) in [5, 5.41) is 2.71. The molecule has 0 heterocycles. The summed E-state index contributed by atoms with van der Waals surface area (Å²) in [6.07, 6.45) is 0. The molecule has 0 saturated carbocycles. The van der Waals surface area contributed by atoms with Gasteiger partial charge in [-0.2, -0.15) is 0 Å². The highest BCUT2D eigenvalue weighted by Crippen LogP contribution is 2.30. The predicted molar refractivity (Wildman–Crippen MR) is 122 cm³/mol. The van der Waals surface area contributed by atoms with Crippen LogP contribution in [0.4, 0.5) is 11.4 Å². The van der Waals surface area contributed by atoms with E-state index in [4.69, 9.17) is 14.2 Å². The Morgan fingerprint density at radius 1 is 0.844 bits per heavy atom. The standard InChI is InChI=1S/C23H24N2O6S/c1-29-18-9-12-20(13-10-18)32(27,28)25(17-7-5-4-6-8-17)16-23(26)24-21-15-19(30-2)11-14-22(21)31-3/h4-15H,16H2,1-3H3,(H,24,26). The molecule has 3 aromatic carbocycles. The van der Waals surface area contributed by atoms with Gasteiger partial charge >= 0.3 is 0 Å². The Bertz CT molecular complexity index is 1160. The Kier molecular flexibility index (Phi) is 7.21. The second-order valence-electron chi connectivity index (χ2n) is 6.64. The van der Waals surface area contributed by atoms with Crippen molar-refractivity contribution in [2.24, 2.45) is 0 Å². The van der Waals surface area contributed by atoms with Gasteiger partial charge in [-0.15, -0.1) is 0 Å². The lowest BCUT2D eigenvalue weighted by atomic mass is 10.2. The van der Waals surface area contributed by atoms with Crippen molar-refractivity contribution in [1.82, 2.24) is 0 Å². The molecule has 1 amide bonds. The van der Waals surface area contributed by atoms with Crippen LogP contribution >= 0.6 is 0 Å². The van der Waals surface area contributed by atoms with Crippen LogP contribution in [0.2, 0.25) is 0 Å². The van der Waals surface area contributed by atoms with E-state index in [1.54, 1.807) is 60.7 Å². The van der Waals surface area contributed by atoms with Crippen molar-refractivity contribution in [3.63, 3.8) is 0 Å². The normalized spacial score (nSPS) is 10.8. The number of para-hydroxylation sites is 1. The van der Waals surface area contributed by atoms with Crippen molar-refractivity contribution in [2.45, 2.75) is 4.90 Å². The molecule has 0 aliphatic heterocycles. The van der Waals surface area contributed by atoms with Crippen LogP contribution < -0.4 is 23.8 Å². The molecule has 0 aliphatic carbocycles. The number of nitrogens with zero attached hydrogens (tertiary/aromatic N) is 1. The number of benzene rings is 3. The summed E-state index contributed by atoms with van der Waals surface area (Å²) in [4.78, 5) is 12.9. The van der Waals surface area contributed by atoms with E-state index in [0.717, 1.165) is 4.31 Å². The first-order valence-electron chi connectivity index (χ1n) is 9.62. The molecule has 3 rings (SSSR count). The number of carbonyl (C=O) groups is 1. The zero-order valence-corrected chi connectivity index (χ0v) is 18.8. The quantitative estimate of drug-likeness (QED) is 0.529. The fourth-order valence-corrected chi connectivity index (χ4v) is 4.44. The molecule has 32 heavy (non-hydrogen) atoms.